The van der Waals surface area contributed by atoms with Crippen LogP contribution in [-0.4, -0.2) is 29.8 Å². The molecule has 1 aliphatic carbocycles. The summed E-state index contributed by atoms with van der Waals surface area (Å²) < 4.78 is 0. The van der Waals surface area contributed by atoms with E-state index in [2.05, 4.69) is 0 Å². The first kappa shape index (κ1) is 15.1. The van der Waals surface area contributed by atoms with E-state index in [1.54, 1.807) is 11.9 Å². The van der Waals surface area contributed by atoms with Gasteiger partial charge < -0.3 is 4.90 Å². The number of nitrogens with zero attached hydrogens (tertiary/aromatic N) is 2. The number of amides is 2. The van der Waals surface area contributed by atoms with E-state index in [4.69, 9.17) is 11.6 Å². The zero-order valence-electron chi connectivity index (χ0n) is 12.6. The molecule has 0 aromatic heterocycles. The molecular formula is C17H19ClN2O2. The van der Waals surface area contributed by atoms with Crippen molar-refractivity contribution in [3.05, 3.63) is 41.1 Å². The van der Waals surface area contributed by atoms with E-state index in [0.29, 0.717) is 0 Å². The summed E-state index contributed by atoms with van der Waals surface area (Å²) in [6.07, 6.45) is 5.05. The molecule has 0 saturated heterocycles. The van der Waals surface area contributed by atoms with Gasteiger partial charge >= 0.3 is 0 Å². The first-order valence-corrected chi connectivity index (χ1v) is 8.05. The number of hydrogen-bond acceptors (Lipinski definition) is 3. The van der Waals surface area contributed by atoms with Gasteiger partial charge in [0, 0.05) is 18.8 Å². The van der Waals surface area contributed by atoms with E-state index in [1.807, 2.05) is 30.3 Å². The maximum atomic E-state index is 12.8. The first-order valence-electron chi connectivity index (χ1n) is 7.67. The van der Waals surface area contributed by atoms with Crippen LogP contribution in [0.15, 0.2) is 41.1 Å². The number of anilines is 1. The molecule has 0 bridgehead atoms. The van der Waals surface area contributed by atoms with Crippen molar-refractivity contribution in [3.8, 4) is 0 Å². The smallest absolute Gasteiger partial charge is 0.279 e. The number of rotatable bonds is 3. The number of halogens is 1. The molecule has 0 atom stereocenters. The lowest BCUT2D eigenvalue weighted by Gasteiger charge is -2.30. The number of para-hydroxylation sites is 1. The molecule has 1 aromatic carbocycles. The third kappa shape index (κ3) is 2.52. The number of imide groups is 1. The minimum absolute atomic E-state index is 0.0100. The Balaban J connectivity index is 1.88. The maximum absolute atomic E-state index is 12.8. The summed E-state index contributed by atoms with van der Waals surface area (Å²) in [5, 5.41) is 0.0296. The van der Waals surface area contributed by atoms with E-state index < -0.39 is 0 Å². The molecule has 22 heavy (non-hydrogen) atoms. The highest BCUT2D eigenvalue weighted by Crippen LogP contribution is 2.34. The van der Waals surface area contributed by atoms with Crippen molar-refractivity contribution in [2.75, 3.05) is 11.9 Å². The third-order valence-electron chi connectivity index (χ3n) is 4.45. The van der Waals surface area contributed by atoms with Crippen LogP contribution in [0.5, 0.6) is 0 Å². The van der Waals surface area contributed by atoms with Gasteiger partial charge in [-0.2, -0.15) is 0 Å². The Bertz CT molecular complexity index is 621. The van der Waals surface area contributed by atoms with Gasteiger partial charge in [0.05, 0.1) is 0 Å². The standard InChI is InChI=1S/C17H19ClN2O2/c1-19(12-8-4-2-5-9-12)15-14(18)16(21)20(17(15)22)13-10-6-3-7-11-13/h2,4-5,8-9,13H,3,6-7,10-11H2,1H3. The van der Waals surface area contributed by atoms with Crippen LogP contribution in [0.2, 0.25) is 0 Å². The average molecular weight is 319 g/mol. The highest BCUT2D eigenvalue weighted by molar-refractivity contribution is 6.48. The summed E-state index contributed by atoms with van der Waals surface area (Å²) in [7, 11) is 1.77. The normalized spacial score (nSPS) is 20.0. The van der Waals surface area contributed by atoms with Crippen LogP contribution in [0.1, 0.15) is 32.1 Å². The topological polar surface area (TPSA) is 40.6 Å². The molecule has 2 amide bonds. The van der Waals surface area contributed by atoms with Gasteiger partial charge in [-0.1, -0.05) is 49.1 Å². The van der Waals surface area contributed by atoms with Gasteiger partial charge in [-0.3, -0.25) is 14.5 Å². The number of likely N-dealkylation sites (N-methyl/N-ethyl adjacent to an activating group) is 1. The van der Waals surface area contributed by atoms with Gasteiger partial charge in [-0.15, -0.1) is 0 Å². The van der Waals surface area contributed by atoms with Gasteiger partial charge in [0.25, 0.3) is 11.8 Å². The molecule has 116 valence electrons. The molecule has 0 radical (unpaired) electrons. The molecular weight excluding hydrogens is 300 g/mol. The molecule has 0 N–H and O–H groups in total. The molecule has 3 rings (SSSR count). The Hall–Kier alpha value is -1.81. The largest absolute Gasteiger partial charge is 0.339 e. The molecule has 1 aliphatic heterocycles. The molecule has 1 saturated carbocycles. The number of carbonyl (C=O) groups excluding carboxylic acids is 2. The highest BCUT2D eigenvalue weighted by atomic mass is 35.5. The molecule has 1 fully saturated rings. The van der Waals surface area contributed by atoms with Gasteiger partial charge in [0.2, 0.25) is 0 Å². The quantitative estimate of drug-likeness (QED) is 0.803. The van der Waals surface area contributed by atoms with Crippen molar-refractivity contribution in [2.24, 2.45) is 0 Å². The van der Waals surface area contributed by atoms with Gasteiger partial charge in [0.1, 0.15) is 10.7 Å². The van der Waals surface area contributed by atoms with Crippen LogP contribution in [-0.2, 0) is 9.59 Å². The summed E-state index contributed by atoms with van der Waals surface area (Å²) >= 11 is 6.21. The second-order valence-electron chi connectivity index (χ2n) is 5.83. The zero-order chi connectivity index (χ0) is 15.7. The lowest BCUT2D eigenvalue weighted by Crippen LogP contribution is -2.43. The Labute approximate surface area is 135 Å². The molecule has 1 aromatic rings. The van der Waals surface area contributed by atoms with E-state index in [0.717, 1.165) is 31.4 Å². The maximum Gasteiger partial charge on any atom is 0.279 e. The van der Waals surface area contributed by atoms with Crippen molar-refractivity contribution >= 4 is 29.1 Å². The van der Waals surface area contributed by atoms with Crippen molar-refractivity contribution in [1.82, 2.24) is 4.90 Å². The van der Waals surface area contributed by atoms with Crippen LogP contribution in [0.4, 0.5) is 5.69 Å². The minimum atomic E-state index is -0.351. The molecule has 4 nitrogen and oxygen atoms in total. The Morgan fingerprint density at radius 2 is 1.68 bits per heavy atom. The average Bonchev–Trinajstić information content (AvgIpc) is 2.78. The molecule has 5 heteroatoms. The van der Waals surface area contributed by atoms with E-state index >= 15 is 0 Å². The van der Waals surface area contributed by atoms with Crippen LogP contribution in [0, 0.1) is 0 Å². The first-order chi connectivity index (χ1) is 10.6. The molecule has 1 heterocycles. The SMILES string of the molecule is CN(C1=C(Cl)C(=O)N(C2CCCCC2)C1=O)c1ccccc1. The van der Waals surface area contributed by atoms with Crippen LogP contribution < -0.4 is 4.90 Å². The van der Waals surface area contributed by atoms with Gasteiger partial charge in [-0.25, -0.2) is 0 Å². The molecule has 2 aliphatic rings. The Morgan fingerprint density at radius 3 is 2.32 bits per heavy atom. The van der Waals surface area contributed by atoms with Crippen molar-refractivity contribution in [3.63, 3.8) is 0 Å². The molecule has 0 spiro atoms. The van der Waals surface area contributed by atoms with E-state index in [1.165, 1.54) is 11.3 Å². The van der Waals surface area contributed by atoms with E-state index in [-0.39, 0.29) is 28.6 Å². The third-order valence-corrected chi connectivity index (χ3v) is 4.80. The van der Waals surface area contributed by atoms with Gasteiger partial charge in [-0.05, 0) is 25.0 Å². The van der Waals surface area contributed by atoms with Crippen LogP contribution in [0.25, 0.3) is 0 Å². The summed E-state index contributed by atoms with van der Waals surface area (Å²) in [5.74, 6) is -0.621. The van der Waals surface area contributed by atoms with Crippen LogP contribution >= 0.6 is 11.6 Å². The number of hydrogen-bond donors (Lipinski definition) is 0. The lowest BCUT2D eigenvalue weighted by atomic mass is 9.94. The highest BCUT2D eigenvalue weighted by Gasteiger charge is 2.43. The fourth-order valence-electron chi connectivity index (χ4n) is 3.25. The minimum Gasteiger partial charge on any atom is -0.339 e. The summed E-state index contributed by atoms with van der Waals surface area (Å²) in [5.41, 5.74) is 1.12. The van der Waals surface area contributed by atoms with E-state index in [9.17, 15) is 9.59 Å². The summed E-state index contributed by atoms with van der Waals surface area (Å²) in [6.45, 7) is 0. The lowest BCUT2D eigenvalue weighted by molar-refractivity contribution is -0.140. The van der Waals surface area contributed by atoms with Crippen LogP contribution in [0.3, 0.4) is 0 Å². The fraction of sp³-hybridized carbons (Fsp3) is 0.412. The van der Waals surface area contributed by atoms with Gasteiger partial charge in [0.15, 0.2) is 0 Å². The summed E-state index contributed by atoms with van der Waals surface area (Å²) in [4.78, 5) is 28.3. The fourth-order valence-corrected chi connectivity index (χ4v) is 3.55. The van der Waals surface area contributed by atoms with Crippen molar-refractivity contribution < 1.29 is 9.59 Å². The van der Waals surface area contributed by atoms with Crippen molar-refractivity contribution in [1.29, 1.82) is 0 Å². The Morgan fingerprint density at radius 1 is 1.05 bits per heavy atom. The zero-order valence-corrected chi connectivity index (χ0v) is 13.3. The second kappa shape index (κ2) is 6.13. The number of benzene rings is 1. The number of carbonyl (C=O) groups is 2. The summed E-state index contributed by atoms with van der Waals surface area (Å²) in [6, 6.07) is 9.45. The second-order valence-corrected chi connectivity index (χ2v) is 6.21. The Kier molecular flexibility index (Phi) is 4.21. The predicted molar refractivity (Wildman–Crippen MR) is 86.5 cm³/mol. The monoisotopic (exact) mass is 318 g/mol. The predicted octanol–water partition coefficient (Wildman–Crippen LogP) is 3.27. The molecule has 0 unspecified atom stereocenters. The van der Waals surface area contributed by atoms with Crippen molar-refractivity contribution in [2.45, 2.75) is 38.1 Å².